The van der Waals surface area contributed by atoms with E-state index in [1.807, 2.05) is 30.3 Å². The van der Waals surface area contributed by atoms with Crippen molar-refractivity contribution in [1.82, 2.24) is 0 Å². The maximum atomic E-state index is 6.28. The summed E-state index contributed by atoms with van der Waals surface area (Å²) in [4.78, 5) is 0. The maximum Gasteiger partial charge on any atom is 0.138 e. The van der Waals surface area contributed by atoms with Crippen molar-refractivity contribution in [1.29, 1.82) is 0 Å². The van der Waals surface area contributed by atoms with Gasteiger partial charge in [-0.15, -0.1) is 0 Å². The van der Waals surface area contributed by atoms with E-state index in [0.29, 0.717) is 15.8 Å². The topological polar surface area (TPSA) is 35.2 Å². The van der Waals surface area contributed by atoms with Gasteiger partial charge in [0.05, 0.1) is 17.6 Å². The Labute approximate surface area is 130 Å². The zero-order valence-corrected chi connectivity index (χ0v) is 13.3. The molecule has 0 aromatic heterocycles. The average molecular weight is 361 g/mol. The van der Waals surface area contributed by atoms with Crippen molar-refractivity contribution in [2.75, 3.05) is 7.11 Å². The highest BCUT2D eigenvalue weighted by atomic mass is 79.9. The molecule has 1 atom stereocenters. The summed E-state index contributed by atoms with van der Waals surface area (Å²) in [5.41, 5.74) is 8.04. The van der Waals surface area contributed by atoms with Crippen LogP contribution in [0.4, 0.5) is 0 Å². The molecule has 0 aliphatic carbocycles. The van der Waals surface area contributed by atoms with Crippen LogP contribution in [0.5, 0.6) is 5.75 Å². The third-order valence-corrected chi connectivity index (χ3v) is 3.86. The first-order chi connectivity index (χ1) is 9.02. The number of benzene rings is 2. The second-order valence-corrected chi connectivity index (χ2v) is 5.77. The molecule has 0 saturated heterocycles. The molecular weight excluding hydrogens is 349 g/mol. The first-order valence-corrected chi connectivity index (χ1v) is 7.11. The van der Waals surface area contributed by atoms with Crippen molar-refractivity contribution in [3.63, 3.8) is 0 Å². The van der Waals surface area contributed by atoms with Crippen LogP contribution in [0.3, 0.4) is 0 Å². The molecule has 0 saturated carbocycles. The number of nitrogens with two attached hydrogens (primary N) is 1. The van der Waals surface area contributed by atoms with Crippen molar-refractivity contribution in [3.8, 4) is 5.75 Å². The molecule has 0 amide bonds. The Hall–Kier alpha value is -0.740. The Kier molecular flexibility index (Phi) is 4.74. The third kappa shape index (κ3) is 3.23. The second kappa shape index (κ2) is 6.14. The van der Waals surface area contributed by atoms with Crippen LogP contribution >= 0.6 is 39.1 Å². The van der Waals surface area contributed by atoms with Gasteiger partial charge in [0.15, 0.2) is 0 Å². The van der Waals surface area contributed by atoms with Gasteiger partial charge < -0.3 is 10.5 Å². The molecule has 0 fully saturated rings. The van der Waals surface area contributed by atoms with Crippen LogP contribution in [-0.2, 0) is 0 Å². The Morgan fingerprint density at radius 3 is 2.32 bits per heavy atom. The van der Waals surface area contributed by atoms with Crippen molar-refractivity contribution in [2.45, 2.75) is 6.04 Å². The summed E-state index contributed by atoms with van der Waals surface area (Å²) in [5, 5.41) is 1.28. The summed E-state index contributed by atoms with van der Waals surface area (Å²) in [6.45, 7) is 0. The van der Waals surface area contributed by atoms with E-state index >= 15 is 0 Å². The van der Waals surface area contributed by atoms with Crippen LogP contribution in [0.1, 0.15) is 17.2 Å². The summed E-state index contributed by atoms with van der Waals surface area (Å²) < 4.78 is 6.17. The van der Waals surface area contributed by atoms with E-state index in [-0.39, 0.29) is 6.04 Å². The molecule has 0 bridgehead atoms. The van der Waals surface area contributed by atoms with Gasteiger partial charge in [-0.1, -0.05) is 35.3 Å². The van der Waals surface area contributed by atoms with Crippen LogP contribution < -0.4 is 10.5 Å². The van der Waals surface area contributed by atoms with E-state index in [0.717, 1.165) is 15.6 Å². The normalized spacial score (nSPS) is 12.3. The summed E-state index contributed by atoms with van der Waals surface area (Å²) in [5.74, 6) is 0.687. The van der Waals surface area contributed by atoms with Gasteiger partial charge in [-0.2, -0.15) is 0 Å². The number of hydrogen-bond acceptors (Lipinski definition) is 2. The van der Waals surface area contributed by atoms with E-state index in [1.165, 1.54) is 0 Å². The molecule has 19 heavy (non-hydrogen) atoms. The van der Waals surface area contributed by atoms with Gasteiger partial charge in [-0.05, 0) is 45.8 Å². The molecule has 2 rings (SSSR count). The predicted octanol–water partition coefficient (Wildman–Crippen LogP) is 4.81. The quantitative estimate of drug-likeness (QED) is 0.852. The van der Waals surface area contributed by atoms with Crippen LogP contribution in [0.25, 0.3) is 0 Å². The van der Waals surface area contributed by atoms with Gasteiger partial charge in [0.25, 0.3) is 0 Å². The van der Waals surface area contributed by atoms with Crippen molar-refractivity contribution >= 4 is 39.1 Å². The Balaban J connectivity index is 2.48. The fraction of sp³-hybridized carbons (Fsp3) is 0.143. The highest BCUT2D eigenvalue weighted by Gasteiger charge is 2.17. The number of methoxy groups -OCH3 is 1. The molecule has 1 unspecified atom stereocenters. The number of hydrogen-bond donors (Lipinski definition) is 1. The van der Waals surface area contributed by atoms with Crippen LogP contribution in [0.2, 0.25) is 10.0 Å². The first-order valence-electron chi connectivity index (χ1n) is 5.57. The second-order valence-electron chi connectivity index (χ2n) is 4.04. The Morgan fingerprint density at radius 2 is 1.74 bits per heavy atom. The molecule has 2 nitrogen and oxygen atoms in total. The van der Waals surface area contributed by atoms with E-state index in [9.17, 15) is 0 Å². The lowest BCUT2D eigenvalue weighted by atomic mass is 9.99. The minimum absolute atomic E-state index is 0.331. The molecule has 0 aliphatic heterocycles. The Bertz CT molecular complexity index is 587. The summed E-state index contributed by atoms with van der Waals surface area (Å²) in [6.07, 6.45) is 0. The molecule has 2 N–H and O–H groups in total. The van der Waals surface area contributed by atoms with Crippen molar-refractivity contribution in [3.05, 3.63) is 62.0 Å². The van der Waals surface area contributed by atoms with E-state index in [2.05, 4.69) is 15.9 Å². The molecular formula is C14H12BrCl2NO. The average Bonchev–Trinajstić information content (AvgIpc) is 2.38. The minimum Gasteiger partial charge on any atom is -0.495 e. The molecule has 0 spiro atoms. The smallest absolute Gasteiger partial charge is 0.138 e. The zero-order valence-electron chi connectivity index (χ0n) is 10.2. The molecule has 0 heterocycles. The lowest BCUT2D eigenvalue weighted by molar-refractivity contribution is 0.405. The molecule has 2 aromatic rings. The molecule has 5 heteroatoms. The fourth-order valence-corrected chi connectivity index (χ4v) is 3.00. The van der Waals surface area contributed by atoms with Crippen LogP contribution in [0, 0.1) is 0 Å². The Morgan fingerprint density at radius 1 is 1.11 bits per heavy atom. The lowest BCUT2D eigenvalue weighted by Crippen LogP contribution is -2.13. The molecule has 100 valence electrons. The SMILES string of the molecule is COc1c(Br)cc(Cl)cc1C(N)c1ccc(Cl)cc1. The van der Waals surface area contributed by atoms with Crippen LogP contribution in [0.15, 0.2) is 40.9 Å². The van der Waals surface area contributed by atoms with E-state index < -0.39 is 0 Å². The van der Waals surface area contributed by atoms with Gasteiger partial charge in [0, 0.05) is 15.6 Å². The van der Waals surface area contributed by atoms with Gasteiger partial charge in [0.1, 0.15) is 5.75 Å². The van der Waals surface area contributed by atoms with E-state index in [4.69, 9.17) is 33.7 Å². The fourth-order valence-electron chi connectivity index (χ4n) is 1.88. The first kappa shape index (κ1) is 14.7. The van der Waals surface area contributed by atoms with Crippen molar-refractivity contribution < 1.29 is 4.74 Å². The molecule has 2 aromatic carbocycles. The van der Waals surface area contributed by atoms with Gasteiger partial charge in [-0.3, -0.25) is 0 Å². The van der Waals surface area contributed by atoms with E-state index in [1.54, 1.807) is 13.2 Å². The number of ether oxygens (including phenoxy) is 1. The molecule has 0 radical (unpaired) electrons. The zero-order chi connectivity index (χ0) is 14.0. The largest absolute Gasteiger partial charge is 0.495 e. The minimum atomic E-state index is -0.331. The van der Waals surface area contributed by atoms with Gasteiger partial charge in [0.2, 0.25) is 0 Å². The molecule has 0 aliphatic rings. The summed E-state index contributed by atoms with van der Waals surface area (Å²) >= 11 is 15.4. The monoisotopic (exact) mass is 359 g/mol. The number of halogens is 3. The van der Waals surface area contributed by atoms with Crippen molar-refractivity contribution in [2.24, 2.45) is 5.73 Å². The number of rotatable bonds is 3. The third-order valence-electron chi connectivity index (χ3n) is 2.81. The predicted molar refractivity (Wildman–Crippen MR) is 83.2 cm³/mol. The highest BCUT2D eigenvalue weighted by molar-refractivity contribution is 9.10. The van der Waals surface area contributed by atoms with Crippen LogP contribution in [-0.4, -0.2) is 7.11 Å². The maximum absolute atomic E-state index is 6.28. The highest BCUT2D eigenvalue weighted by Crippen LogP contribution is 2.37. The summed E-state index contributed by atoms with van der Waals surface area (Å²) in [7, 11) is 1.60. The lowest BCUT2D eigenvalue weighted by Gasteiger charge is -2.18. The summed E-state index contributed by atoms with van der Waals surface area (Å²) in [6, 6.07) is 10.7. The standard InChI is InChI=1S/C14H12BrCl2NO/c1-19-14-11(6-10(17)7-12(14)15)13(18)8-2-4-9(16)5-3-8/h2-7,13H,18H2,1H3. The van der Waals surface area contributed by atoms with Gasteiger partial charge >= 0.3 is 0 Å². The van der Waals surface area contributed by atoms with Gasteiger partial charge in [-0.25, -0.2) is 0 Å².